The van der Waals surface area contributed by atoms with Crippen LogP contribution in [0, 0.1) is 6.92 Å². The molecule has 2 heterocycles. The maximum absolute atomic E-state index is 12.8. The molecule has 2 aromatic carbocycles. The van der Waals surface area contributed by atoms with Gasteiger partial charge in [0, 0.05) is 19.0 Å². The van der Waals surface area contributed by atoms with Crippen molar-refractivity contribution >= 4 is 5.91 Å². The molecule has 1 amide bonds. The Morgan fingerprint density at radius 3 is 2.44 bits per heavy atom. The summed E-state index contributed by atoms with van der Waals surface area (Å²) in [6.07, 6.45) is 0.980. The highest BCUT2D eigenvalue weighted by atomic mass is 16.2. The van der Waals surface area contributed by atoms with Crippen LogP contribution >= 0.6 is 0 Å². The number of hydrogen-bond donors (Lipinski definition) is 0. The summed E-state index contributed by atoms with van der Waals surface area (Å²) in [5, 5.41) is 4.44. The Morgan fingerprint density at radius 1 is 1.04 bits per heavy atom. The molecule has 3 aromatic rings. The van der Waals surface area contributed by atoms with Crippen LogP contribution in [-0.4, -0.2) is 38.7 Å². The van der Waals surface area contributed by atoms with E-state index in [1.807, 2.05) is 60.4 Å². The Labute approximate surface area is 146 Å². The Morgan fingerprint density at radius 2 is 1.72 bits per heavy atom. The van der Waals surface area contributed by atoms with Crippen molar-refractivity contribution in [2.24, 2.45) is 0 Å². The Bertz CT molecular complexity index is 873. The summed E-state index contributed by atoms with van der Waals surface area (Å²) in [5.74, 6) is 1.29. The lowest BCUT2D eigenvalue weighted by Gasteiger charge is -2.14. The van der Waals surface area contributed by atoms with Crippen LogP contribution in [0.15, 0.2) is 60.7 Å². The molecule has 4 rings (SSSR count). The van der Waals surface area contributed by atoms with Gasteiger partial charge in [0.2, 0.25) is 5.82 Å². The molecule has 0 spiro atoms. The average Bonchev–Trinajstić information content (AvgIpc) is 3.30. The number of carbonyl (C=O) groups is 1. The number of amides is 1. The summed E-state index contributed by atoms with van der Waals surface area (Å²) in [5.41, 5.74) is 2.20. The Balaban J connectivity index is 1.52. The van der Waals surface area contributed by atoms with E-state index in [2.05, 4.69) is 22.2 Å². The summed E-state index contributed by atoms with van der Waals surface area (Å²) in [6.45, 7) is 3.34. The second-order valence-electron chi connectivity index (χ2n) is 6.38. The van der Waals surface area contributed by atoms with E-state index in [1.54, 1.807) is 4.68 Å². The van der Waals surface area contributed by atoms with E-state index >= 15 is 0 Å². The zero-order valence-corrected chi connectivity index (χ0v) is 14.2. The fraction of sp³-hybridized carbons (Fsp3) is 0.250. The van der Waals surface area contributed by atoms with Gasteiger partial charge in [0.05, 0.1) is 5.69 Å². The second-order valence-corrected chi connectivity index (χ2v) is 6.38. The molecule has 25 heavy (non-hydrogen) atoms. The quantitative estimate of drug-likeness (QED) is 0.740. The number of carbonyl (C=O) groups excluding carboxylic acids is 1. The standard InChI is InChI=1S/C20H20N4O/c1-15-21-19(22-24(15)18-10-6-3-7-11-18)20(25)23-13-12-17(14-23)16-8-4-2-5-9-16/h2-11,17H,12-14H2,1H3/t17-/m1/s1. The number of para-hydroxylation sites is 1. The first-order chi connectivity index (χ1) is 12.2. The van der Waals surface area contributed by atoms with E-state index in [9.17, 15) is 4.79 Å². The highest BCUT2D eigenvalue weighted by Crippen LogP contribution is 2.27. The molecule has 5 nitrogen and oxygen atoms in total. The van der Waals surface area contributed by atoms with Gasteiger partial charge in [-0.15, -0.1) is 5.10 Å². The molecule has 1 fully saturated rings. The number of nitrogens with zero attached hydrogens (tertiary/aromatic N) is 4. The van der Waals surface area contributed by atoms with Crippen molar-refractivity contribution in [1.29, 1.82) is 0 Å². The SMILES string of the molecule is Cc1nc(C(=O)N2CC[C@@H](c3ccccc3)C2)nn1-c1ccccc1. The van der Waals surface area contributed by atoms with Crippen molar-refractivity contribution in [2.45, 2.75) is 19.3 Å². The molecule has 0 saturated carbocycles. The molecule has 1 saturated heterocycles. The zero-order chi connectivity index (χ0) is 17.2. The van der Waals surface area contributed by atoms with Gasteiger partial charge >= 0.3 is 0 Å². The Hall–Kier alpha value is -2.95. The molecule has 0 radical (unpaired) electrons. The molecular formula is C20H20N4O. The summed E-state index contributed by atoms with van der Waals surface area (Å²) in [6, 6.07) is 20.1. The Kier molecular flexibility index (Phi) is 4.06. The molecule has 0 aliphatic carbocycles. The van der Waals surface area contributed by atoms with Gasteiger partial charge < -0.3 is 4.90 Å². The number of hydrogen-bond acceptors (Lipinski definition) is 3. The van der Waals surface area contributed by atoms with Gasteiger partial charge in [-0.3, -0.25) is 4.79 Å². The molecule has 1 atom stereocenters. The minimum atomic E-state index is -0.0868. The molecule has 0 bridgehead atoms. The first-order valence-electron chi connectivity index (χ1n) is 8.55. The summed E-state index contributed by atoms with van der Waals surface area (Å²) in [7, 11) is 0. The molecule has 126 valence electrons. The minimum absolute atomic E-state index is 0.0868. The monoisotopic (exact) mass is 332 g/mol. The highest BCUT2D eigenvalue weighted by Gasteiger charge is 2.30. The number of aryl methyl sites for hydroxylation is 1. The molecule has 1 aliphatic rings. The summed E-state index contributed by atoms with van der Waals surface area (Å²) >= 11 is 0. The van der Waals surface area contributed by atoms with E-state index in [1.165, 1.54) is 5.56 Å². The van der Waals surface area contributed by atoms with Crippen molar-refractivity contribution in [2.75, 3.05) is 13.1 Å². The zero-order valence-electron chi connectivity index (χ0n) is 14.2. The number of benzene rings is 2. The normalized spacial score (nSPS) is 17.0. The third-order valence-electron chi connectivity index (χ3n) is 4.71. The molecular weight excluding hydrogens is 312 g/mol. The van der Waals surface area contributed by atoms with Crippen molar-refractivity contribution in [3.05, 3.63) is 77.9 Å². The summed E-state index contributed by atoms with van der Waals surface area (Å²) < 4.78 is 1.72. The smallest absolute Gasteiger partial charge is 0.293 e. The average molecular weight is 332 g/mol. The third-order valence-corrected chi connectivity index (χ3v) is 4.71. The molecule has 0 N–H and O–H groups in total. The van der Waals surface area contributed by atoms with Crippen molar-refractivity contribution in [3.63, 3.8) is 0 Å². The lowest BCUT2D eigenvalue weighted by atomic mass is 9.99. The van der Waals surface area contributed by atoms with Crippen LogP contribution < -0.4 is 0 Å². The maximum atomic E-state index is 12.8. The van der Waals surface area contributed by atoms with Crippen LogP contribution in [0.1, 0.15) is 34.3 Å². The number of rotatable bonds is 3. The molecule has 5 heteroatoms. The van der Waals surface area contributed by atoms with Gasteiger partial charge in [-0.25, -0.2) is 9.67 Å². The van der Waals surface area contributed by atoms with Crippen LogP contribution in [0.5, 0.6) is 0 Å². The number of aromatic nitrogens is 3. The van der Waals surface area contributed by atoms with Crippen LogP contribution in [0.2, 0.25) is 0 Å². The molecule has 0 unspecified atom stereocenters. The van der Waals surface area contributed by atoms with Gasteiger partial charge in [0.15, 0.2) is 0 Å². The second kappa shape index (κ2) is 6.51. The van der Waals surface area contributed by atoms with Gasteiger partial charge in [0.1, 0.15) is 5.82 Å². The van der Waals surface area contributed by atoms with E-state index in [4.69, 9.17) is 0 Å². The van der Waals surface area contributed by atoms with Crippen molar-refractivity contribution in [1.82, 2.24) is 19.7 Å². The van der Waals surface area contributed by atoms with Crippen molar-refractivity contribution in [3.8, 4) is 5.69 Å². The van der Waals surface area contributed by atoms with E-state index < -0.39 is 0 Å². The topological polar surface area (TPSA) is 51.0 Å². The predicted octanol–water partition coefficient (Wildman–Crippen LogP) is 3.21. The van der Waals surface area contributed by atoms with Crippen molar-refractivity contribution < 1.29 is 4.79 Å². The first kappa shape index (κ1) is 15.6. The van der Waals surface area contributed by atoms with E-state index in [-0.39, 0.29) is 11.7 Å². The largest absolute Gasteiger partial charge is 0.335 e. The fourth-order valence-electron chi connectivity index (χ4n) is 3.38. The molecule has 1 aliphatic heterocycles. The maximum Gasteiger partial charge on any atom is 0.293 e. The highest BCUT2D eigenvalue weighted by molar-refractivity contribution is 5.90. The van der Waals surface area contributed by atoms with Gasteiger partial charge in [-0.1, -0.05) is 48.5 Å². The minimum Gasteiger partial charge on any atom is -0.335 e. The van der Waals surface area contributed by atoms with Gasteiger partial charge in [0.25, 0.3) is 5.91 Å². The van der Waals surface area contributed by atoms with Gasteiger partial charge in [-0.05, 0) is 31.0 Å². The first-order valence-corrected chi connectivity index (χ1v) is 8.55. The van der Waals surface area contributed by atoms with Gasteiger partial charge in [-0.2, -0.15) is 0 Å². The lowest BCUT2D eigenvalue weighted by molar-refractivity contribution is 0.0778. The van der Waals surface area contributed by atoms with Crippen LogP contribution in [-0.2, 0) is 0 Å². The molecule has 1 aromatic heterocycles. The lowest BCUT2D eigenvalue weighted by Crippen LogP contribution is -2.29. The fourth-order valence-corrected chi connectivity index (χ4v) is 3.38. The predicted molar refractivity (Wildman–Crippen MR) is 95.8 cm³/mol. The van der Waals surface area contributed by atoms with E-state index in [0.29, 0.717) is 11.7 Å². The van der Waals surface area contributed by atoms with Crippen LogP contribution in [0.4, 0.5) is 0 Å². The number of likely N-dealkylation sites (tertiary alicyclic amines) is 1. The third kappa shape index (κ3) is 3.05. The summed E-state index contributed by atoms with van der Waals surface area (Å²) in [4.78, 5) is 19.1. The van der Waals surface area contributed by atoms with Crippen LogP contribution in [0.3, 0.4) is 0 Å². The van der Waals surface area contributed by atoms with E-state index in [0.717, 1.165) is 25.2 Å². The van der Waals surface area contributed by atoms with Crippen LogP contribution in [0.25, 0.3) is 5.69 Å².